The fourth-order valence-corrected chi connectivity index (χ4v) is 2.45. The van der Waals surface area contributed by atoms with Gasteiger partial charge in [0.25, 0.3) is 0 Å². The minimum Gasteiger partial charge on any atom is -0.493 e. The molecule has 0 aliphatic carbocycles. The highest BCUT2D eigenvalue weighted by Gasteiger charge is 2.31. The van der Waals surface area contributed by atoms with Gasteiger partial charge in [-0.2, -0.15) is 0 Å². The molecule has 1 heterocycles. The Bertz CT molecular complexity index is 457. The van der Waals surface area contributed by atoms with Gasteiger partial charge >= 0.3 is 0 Å². The first-order chi connectivity index (χ1) is 9.04. The fourth-order valence-electron chi connectivity index (χ4n) is 2.45. The summed E-state index contributed by atoms with van der Waals surface area (Å²) in [4.78, 5) is 12.3. The summed E-state index contributed by atoms with van der Waals surface area (Å²) in [6.07, 6.45) is 2.36. The number of hydrogen-bond donors (Lipinski definition) is 2. The molecular weight excluding hydrogens is 240 g/mol. The van der Waals surface area contributed by atoms with Gasteiger partial charge in [-0.25, -0.2) is 0 Å². The zero-order valence-electron chi connectivity index (χ0n) is 11.6. The second-order valence-corrected chi connectivity index (χ2v) is 5.37. The van der Waals surface area contributed by atoms with E-state index in [4.69, 9.17) is 10.5 Å². The molecule has 0 saturated heterocycles. The van der Waals surface area contributed by atoms with Crippen molar-refractivity contribution >= 4 is 5.91 Å². The van der Waals surface area contributed by atoms with Crippen LogP contribution in [-0.4, -0.2) is 18.1 Å². The van der Waals surface area contributed by atoms with Crippen molar-refractivity contribution in [3.63, 3.8) is 0 Å². The van der Waals surface area contributed by atoms with E-state index in [0.717, 1.165) is 24.2 Å². The molecule has 0 saturated carbocycles. The van der Waals surface area contributed by atoms with Crippen LogP contribution >= 0.6 is 0 Å². The molecule has 0 radical (unpaired) electrons. The number of hydrogen-bond acceptors (Lipinski definition) is 3. The molecular formula is C15H22N2O2. The monoisotopic (exact) mass is 262 g/mol. The third kappa shape index (κ3) is 3.07. The molecule has 4 heteroatoms. The maximum atomic E-state index is 12.3. The van der Waals surface area contributed by atoms with Crippen LogP contribution < -0.4 is 15.8 Å². The lowest BCUT2D eigenvalue weighted by molar-refractivity contribution is -0.127. The molecule has 2 atom stereocenters. The lowest BCUT2D eigenvalue weighted by atomic mass is 9.94. The molecule has 1 amide bonds. The second kappa shape index (κ2) is 5.61. The molecule has 2 unspecified atom stereocenters. The van der Waals surface area contributed by atoms with E-state index in [0.29, 0.717) is 13.0 Å². The fraction of sp³-hybridized carbons (Fsp3) is 0.533. The zero-order valence-corrected chi connectivity index (χ0v) is 11.6. The first-order valence-corrected chi connectivity index (χ1v) is 6.86. The number of para-hydroxylation sites is 1. The molecule has 0 bridgehead atoms. The number of rotatable bonds is 4. The topological polar surface area (TPSA) is 64.4 Å². The van der Waals surface area contributed by atoms with Crippen LogP contribution in [0.25, 0.3) is 0 Å². The molecule has 4 nitrogen and oxygen atoms in total. The standard InChI is InChI=1S/C15H22N2O2/c1-3-9-15(2,16)14(18)17-12-8-10-19-13-7-5-4-6-11(12)13/h4-7,12H,3,8-10,16H2,1-2H3,(H,17,18). The predicted octanol–water partition coefficient (Wildman–Crippen LogP) is 2.14. The van der Waals surface area contributed by atoms with E-state index < -0.39 is 5.54 Å². The van der Waals surface area contributed by atoms with Crippen LogP contribution in [0.15, 0.2) is 24.3 Å². The zero-order chi connectivity index (χ0) is 13.9. The lowest BCUT2D eigenvalue weighted by Gasteiger charge is -2.30. The number of amides is 1. The van der Waals surface area contributed by atoms with Gasteiger partial charge in [0, 0.05) is 12.0 Å². The summed E-state index contributed by atoms with van der Waals surface area (Å²) >= 11 is 0. The average molecular weight is 262 g/mol. The lowest BCUT2D eigenvalue weighted by Crippen LogP contribution is -2.52. The van der Waals surface area contributed by atoms with Gasteiger partial charge in [0.2, 0.25) is 5.91 Å². The van der Waals surface area contributed by atoms with Crippen LogP contribution in [0.3, 0.4) is 0 Å². The molecule has 3 N–H and O–H groups in total. The Kier molecular flexibility index (Phi) is 4.10. The van der Waals surface area contributed by atoms with E-state index in [9.17, 15) is 4.79 Å². The maximum Gasteiger partial charge on any atom is 0.240 e. The average Bonchev–Trinajstić information content (AvgIpc) is 2.39. The van der Waals surface area contributed by atoms with Crippen molar-refractivity contribution in [2.75, 3.05) is 6.61 Å². The number of carbonyl (C=O) groups excluding carboxylic acids is 1. The summed E-state index contributed by atoms with van der Waals surface area (Å²) in [7, 11) is 0. The summed E-state index contributed by atoms with van der Waals surface area (Å²) in [5.74, 6) is 0.768. The summed E-state index contributed by atoms with van der Waals surface area (Å²) in [6, 6.07) is 7.82. The van der Waals surface area contributed by atoms with Gasteiger partial charge in [-0.15, -0.1) is 0 Å². The molecule has 1 aromatic rings. The van der Waals surface area contributed by atoms with Crippen LogP contribution in [0.2, 0.25) is 0 Å². The number of carbonyl (C=O) groups is 1. The Morgan fingerprint density at radius 1 is 1.53 bits per heavy atom. The van der Waals surface area contributed by atoms with Crippen molar-refractivity contribution in [3.8, 4) is 5.75 Å². The van der Waals surface area contributed by atoms with Crippen molar-refractivity contribution in [1.82, 2.24) is 5.32 Å². The maximum absolute atomic E-state index is 12.3. The first-order valence-electron chi connectivity index (χ1n) is 6.86. The summed E-state index contributed by atoms with van der Waals surface area (Å²) in [5.41, 5.74) is 6.30. The van der Waals surface area contributed by atoms with Gasteiger partial charge in [0.1, 0.15) is 5.75 Å². The molecule has 0 spiro atoms. The van der Waals surface area contributed by atoms with E-state index in [1.54, 1.807) is 6.92 Å². The number of benzene rings is 1. The Morgan fingerprint density at radius 3 is 3.00 bits per heavy atom. The highest BCUT2D eigenvalue weighted by molar-refractivity contribution is 5.86. The van der Waals surface area contributed by atoms with Gasteiger partial charge in [0.05, 0.1) is 18.2 Å². The van der Waals surface area contributed by atoms with Gasteiger partial charge in [0.15, 0.2) is 0 Å². The normalized spacial score (nSPS) is 20.9. The minimum atomic E-state index is -0.804. The third-order valence-electron chi connectivity index (χ3n) is 3.55. The summed E-state index contributed by atoms with van der Waals surface area (Å²) in [6.45, 7) is 4.44. The molecule has 1 aliphatic rings. The Morgan fingerprint density at radius 2 is 2.26 bits per heavy atom. The highest BCUT2D eigenvalue weighted by Crippen LogP contribution is 2.31. The predicted molar refractivity (Wildman–Crippen MR) is 74.9 cm³/mol. The van der Waals surface area contributed by atoms with Crippen molar-refractivity contribution in [1.29, 1.82) is 0 Å². The van der Waals surface area contributed by atoms with Gasteiger partial charge < -0.3 is 15.8 Å². The number of fused-ring (bicyclic) bond motifs is 1. The third-order valence-corrected chi connectivity index (χ3v) is 3.55. The smallest absolute Gasteiger partial charge is 0.240 e. The Labute approximate surface area is 114 Å². The number of ether oxygens (including phenoxy) is 1. The van der Waals surface area contributed by atoms with Crippen molar-refractivity contribution in [2.24, 2.45) is 5.73 Å². The Hall–Kier alpha value is -1.55. The van der Waals surface area contributed by atoms with Crippen LogP contribution in [0, 0.1) is 0 Å². The molecule has 1 aromatic carbocycles. The van der Waals surface area contributed by atoms with Crippen molar-refractivity contribution in [3.05, 3.63) is 29.8 Å². The van der Waals surface area contributed by atoms with E-state index >= 15 is 0 Å². The SMILES string of the molecule is CCCC(C)(N)C(=O)NC1CCOc2ccccc21. The number of nitrogens with one attached hydrogen (secondary N) is 1. The van der Waals surface area contributed by atoms with Crippen LogP contribution in [0.4, 0.5) is 0 Å². The van der Waals surface area contributed by atoms with E-state index in [-0.39, 0.29) is 11.9 Å². The Balaban J connectivity index is 2.11. The van der Waals surface area contributed by atoms with Crippen LogP contribution in [0.1, 0.15) is 44.7 Å². The van der Waals surface area contributed by atoms with Gasteiger partial charge in [-0.3, -0.25) is 4.79 Å². The second-order valence-electron chi connectivity index (χ2n) is 5.37. The van der Waals surface area contributed by atoms with Crippen molar-refractivity contribution in [2.45, 2.75) is 44.7 Å². The van der Waals surface area contributed by atoms with Crippen LogP contribution in [0.5, 0.6) is 5.75 Å². The minimum absolute atomic E-state index is 0.00261. The van der Waals surface area contributed by atoms with E-state index in [1.165, 1.54) is 0 Å². The molecule has 19 heavy (non-hydrogen) atoms. The molecule has 2 rings (SSSR count). The molecule has 0 fully saturated rings. The first kappa shape index (κ1) is 13.9. The van der Waals surface area contributed by atoms with E-state index in [1.807, 2.05) is 31.2 Å². The molecule has 1 aliphatic heterocycles. The van der Waals surface area contributed by atoms with Gasteiger partial charge in [-0.05, 0) is 19.4 Å². The summed E-state index contributed by atoms with van der Waals surface area (Å²) in [5, 5.41) is 3.06. The van der Waals surface area contributed by atoms with Crippen molar-refractivity contribution < 1.29 is 9.53 Å². The highest BCUT2D eigenvalue weighted by atomic mass is 16.5. The quantitative estimate of drug-likeness (QED) is 0.873. The molecule has 0 aromatic heterocycles. The van der Waals surface area contributed by atoms with Crippen LogP contribution in [-0.2, 0) is 4.79 Å². The molecule has 104 valence electrons. The largest absolute Gasteiger partial charge is 0.493 e. The van der Waals surface area contributed by atoms with E-state index in [2.05, 4.69) is 5.32 Å². The summed E-state index contributed by atoms with van der Waals surface area (Å²) < 4.78 is 5.59. The van der Waals surface area contributed by atoms with Gasteiger partial charge in [-0.1, -0.05) is 31.5 Å². The number of nitrogens with two attached hydrogens (primary N) is 1.